The number of amides is 1. The van der Waals surface area contributed by atoms with Gasteiger partial charge in [0.1, 0.15) is 0 Å². The largest absolute Gasteiger partial charge is 0.548 e. The van der Waals surface area contributed by atoms with E-state index >= 15 is 0 Å². The third kappa shape index (κ3) is 7.45. The second kappa shape index (κ2) is 7.75. The third-order valence-corrected chi connectivity index (χ3v) is 1.71. The van der Waals surface area contributed by atoms with Crippen molar-refractivity contribution in [3.8, 4) is 0 Å². The van der Waals surface area contributed by atoms with Crippen LogP contribution in [-0.4, -0.2) is 38.1 Å². The summed E-state index contributed by atoms with van der Waals surface area (Å²) in [6.07, 6.45) is 3.40. The zero-order chi connectivity index (χ0) is 11.7. The fourth-order valence-corrected chi connectivity index (χ4v) is 1.10. The quantitative estimate of drug-likeness (QED) is 0.424. The molecule has 0 atom stereocenters. The summed E-state index contributed by atoms with van der Waals surface area (Å²) in [5.41, 5.74) is 0. The van der Waals surface area contributed by atoms with Gasteiger partial charge in [-0.3, -0.25) is 4.79 Å². The van der Waals surface area contributed by atoms with Crippen LogP contribution in [-0.2, 0) is 9.59 Å². The molecule has 0 unspecified atom stereocenters. The molecule has 0 saturated carbocycles. The molecule has 2 N–H and O–H groups in total. The molecule has 0 radical (unpaired) electrons. The summed E-state index contributed by atoms with van der Waals surface area (Å²) in [5.74, 6) is -1.62. The van der Waals surface area contributed by atoms with Crippen LogP contribution in [0.1, 0.15) is 0 Å². The van der Waals surface area contributed by atoms with Gasteiger partial charge in [0, 0.05) is 0 Å². The predicted octanol–water partition coefficient (Wildman–Crippen LogP) is -2.89. The maximum atomic E-state index is 11.2. The monoisotopic (exact) mass is 212 g/mol. The average Bonchev–Trinajstić information content (AvgIpc) is 2.15. The Bertz CT molecular complexity index is 241. The van der Waals surface area contributed by atoms with Gasteiger partial charge in [-0.15, -0.1) is 0 Å². The Morgan fingerprint density at radius 3 is 2.20 bits per heavy atom. The highest BCUT2D eigenvalue weighted by Crippen LogP contribution is 1.63. The fraction of sp³-hybridized carbons (Fsp3) is 0.400. The van der Waals surface area contributed by atoms with Crippen molar-refractivity contribution in [1.29, 1.82) is 0 Å². The van der Waals surface area contributed by atoms with Crippen molar-refractivity contribution in [2.45, 2.75) is 0 Å². The number of hydrogen-bond acceptors (Lipinski definition) is 3. The second-order valence-corrected chi connectivity index (χ2v) is 3.06. The van der Waals surface area contributed by atoms with Crippen LogP contribution in [0.5, 0.6) is 0 Å². The van der Waals surface area contributed by atoms with Gasteiger partial charge in [-0.05, 0) is 12.2 Å². The topological polar surface area (TPSA) is 73.7 Å². The van der Waals surface area contributed by atoms with Crippen LogP contribution in [0.4, 0.5) is 0 Å². The summed E-state index contributed by atoms with van der Waals surface area (Å²) < 4.78 is 0. The first-order valence-corrected chi connectivity index (χ1v) is 4.62. The van der Waals surface area contributed by atoms with E-state index < -0.39 is 12.5 Å². The molecular formula is C10H16N2O3. The van der Waals surface area contributed by atoms with E-state index in [2.05, 4.69) is 18.5 Å². The number of hydrogen-bond donors (Lipinski definition) is 2. The zero-order valence-electron chi connectivity index (χ0n) is 8.62. The van der Waals surface area contributed by atoms with E-state index in [-0.39, 0.29) is 12.5 Å². The predicted molar refractivity (Wildman–Crippen MR) is 54.0 cm³/mol. The Balaban J connectivity index is 3.92. The maximum absolute atomic E-state index is 11.2. The van der Waals surface area contributed by atoms with Crippen molar-refractivity contribution in [3.05, 3.63) is 25.3 Å². The summed E-state index contributed by atoms with van der Waals surface area (Å²) in [5, 5.41) is 12.3. The van der Waals surface area contributed by atoms with Crippen LogP contribution in [0, 0.1) is 0 Å². The van der Waals surface area contributed by atoms with Crippen LogP contribution in [0.3, 0.4) is 0 Å². The van der Waals surface area contributed by atoms with E-state index in [0.717, 1.165) is 4.90 Å². The summed E-state index contributed by atoms with van der Waals surface area (Å²) >= 11 is 0. The van der Waals surface area contributed by atoms with Crippen LogP contribution < -0.4 is 15.3 Å². The maximum Gasteiger partial charge on any atom is 0.275 e. The minimum absolute atomic E-state index is 0.200. The highest BCUT2D eigenvalue weighted by atomic mass is 16.4. The van der Waals surface area contributed by atoms with Gasteiger partial charge in [-0.25, -0.2) is 0 Å². The number of carbonyl (C=O) groups is 2. The summed E-state index contributed by atoms with van der Waals surface area (Å²) in [6.45, 7) is 8.16. The molecule has 84 valence electrons. The number of carboxylic acids is 1. The average molecular weight is 212 g/mol. The number of quaternary nitrogens is 1. The van der Waals surface area contributed by atoms with Crippen LogP contribution in [0.15, 0.2) is 25.3 Å². The standard InChI is InChI=1S/C10H16N2O3/c1-3-5-12(6-4-2)8-9(13)11-7-10(14)15/h3-4H,1-2,5-8H2,(H,11,13)(H,14,15). The summed E-state index contributed by atoms with van der Waals surface area (Å²) in [7, 11) is 0. The Morgan fingerprint density at radius 1 is 1.27 bits per heavy atom. The van der Waals surface area contributed by atoms with Crippen LogP contribution in [0.2, 0.25) is 0 Å². The zero-order valence-corrected chi connectivity index (χ0v) is 8.62. The minimum atomic E-state index is -1.29. The first-order chi connectivity index (χ1) is 7.10. The number of nitrogens with one attached hydrogen (secondary N) is 2. The molecule has 0 aliphatic rings. The summed E-state index contributed by atoms with van der Waals surface area (Å²) in [6, 6.07) is 0. The van der Waals surface area contributed by atoms with E-state index in [1.807, 2.05) is 0 Å². The van der Waals surface area contributed by atoms with E-state index in [0.29, 0.717) is 13.1 Å². The van der Waals surface area contributed by atoms with Crippen molar-refractivity contribution in [2.75, 3.05) is 26.2 Å². The van der Waals surface area contributed by atoms with Gasteiger partial charge in [0.05, 0.1) is 25.6 Å². The first kappa shape index (κ1) is 13.4. The highest BCUT2D eigenvalue weighted by Gasteiger charge is 2.10. The van der Waals surface area contributed by atoms with Gasteiger partial charge in [-0.1, -0.05) is 13.2 Å². The fourth-order valence-electron chi connectivity index (χ4n) is 1.10. The van der Waals surface area contributed by atoms with Crippen molar-refractivity contribution in [1.82, 2.24) is 5.32 Å². The van der Waals surface area contributed by atoms with Crippen LogP contribution >= 0.6 is 0 Å². The van der Waals surface area contributed by atoms with E-state index in [1.165, 1.54) is 0 Å². The molecule has 0 aromatic carbocycles. The van der Waals surface area contributed by atoms with Gasteiger partial charge >= 0.3 is 0 Å². The smallest absolute Gasteiger partial charge is 0.275 e. The molecule has 1 amide bonds. The Morgan fingerprint density at radius 2 is 1.80 bits per heavy atom. The first-order valence-electron chi connectivity index (χ1n) is 4.62. The van der Waals surface area contributed by atoms with Crippen molar-refractivity contribution in [3.63, 3.8) is 0 Å². The Kier molecular flexibility index (Phi) is 6.92. The molecule has 0 rings (SSSR count). The van der Waals surface area contributed by atoms with Gasteiger partial charge in [-0.2, -0.15) is 0 Å². The lowest BCUT2D eigenvalue weighted by molar-refractivity contribution is -0.879. The molecule has 15 heavy (non-hydrogen) atoms. The van der Waals surface area contributed by atoms with Gasteiger partial charge in [0.25, 0.3) is 5.91 Å². The van der Waals surface area contributed by atoms with E-state index in [4.69, 9.17) is 0 Å². The van der Waals surface area contributed by atoms with Gasteiger partial charge < -0.3 is 20.1 Å². The van der Waals surface area contributed by atoms with Crippen molar-refractivity contribution in [2.24, 2.45) is 0 Å². The van der Waals surface area contributed by atoms with E-state index in [1.54, 1.807) is 12.2 Å². The molecule has 0 bridgehead atoms. The molecule has 0 aliphatic heterocycles. The molecule has 0 aromatic rings. The van der Waals surface area contributed by atoms with Gasteiger partial charge in [0.15, 0.2) is 6.54 Å². The number of aliphatic carboxylic acids is 1. The molecule has 5 heteroatoms. The lowest BCUT2D eigenvalue weighted by atomic mass is 10.4. The number of rotatable bonds is 8. The molecule has 0 aromatic heterocycles. The normalized spacial score (nSPS) is 9.67. The molecule has 0 saturated heterocycles. The Hall–Kier alpha value is -1.62. The van der Waals surface area contributed by atoms with Crippen molar-refractivity contribution >= 4 is 11.9 Å². The minimum Gasteiger partial charge on any atom is -0.548 e. The van der Waals surface area contributed by atoms with Crippen molar-refractivity contribution < 1.29 is 19.6 Å². The SMILES string of the molecule is C=CC[NH+](CC=C)CC(=O)NCC(=O)[O-]. The lowest BCUT2D eigenvalue weighted by Gasteiger charge is -2.15. The molecule has 0 spiro atoms. The van der Waals surface area contributed by atoms with E-state index in [9.17, 15) is 14.7 Å². The molecule has 0 aliphatic carbocycles. The summed E-state index contributed by atoms with van der Waals surface area (Å²) in [4.78, 5) is 22.2. The number of carboxylic acid groups (broad SMARTS) is 1. The third-order valence-electron chi connectivity index (χ3n) is 1.71. The number of carbonyl (C=O) groups excluding carboxylic acids is 2. The molecular weight excluding hydrogens is 196 g/mol. The molecule has 5 nitrogen and oxygen atoms in total. The molecule has 0 heterocycles. The van der Waals surface area contributed by atoms with Crippen LogP contribution in [0.25, 0.3) is 0 Å². The van der Waals surface area contributed by atoms with Gasteiger partial charge in [0.2, 0.25) is 0 Å². The second-order valence-electron chi connectivity index (χ2n) is 3.06. The molecule has 0 fully saturated rings. The highest BCUT2D eigenvalue weighted by molar-refractivity contribution is 5.81. The lowest BCUT2D eigenvalue weighted by Crippen LogP contribution is -3.12. The Labute approximate surface area is 89.1 Å².